The molecule has 0 radical (unpaired) electrons. The van der Waals surface area contributed by atoms with E-state index in [1.54, 1.807) is 0 Å². The zero-order valence-corrected chi connectivity index (χ0v) is 12.9. The summed E-state index contributed by atoms with van der Waals surface area (Å²) >= 11 is 1.90. The summed E-state index contributed by atoms with van der Waals surface area (Å²) in [5.74, 6) is 0. The van der Waals surface area contributed by atoms with Gasteiger partial charge in [0.1, 0.15) is 0 Å². The van der Waals surface area contributed by atoms with Gasteiger partial charge in [-0.25, -0.2) is 0 Å². The molecule has 102 valence electrons. The standard InChI is InChI=1S/C16H22N2S/c1-5-15-9-10-16(19-15)12(2)17-13-7-6-8-14(11-13)18(3)4/h6-12,17H,5H2,1-4H3. The zero-order chi connectivity index (χ0) is 13.8. The van der Waals surface area contributed by atoms with E-state index in [1.807, 2.05) is 11.3 Å². The normalized spacial score (nSPS) is 12.2. The summed E-state index contributed by atoms with van der Waals surface area (Å²) in [5.41, 5.74) is 2.39. The molecule has 3 heteroatoms. The second-order valence-electron chi connectivity index (χ2n) is 4.97. The minimum Gasteiger partial charge on any atom is -0.378 e. The van der Waals surface area contributed by atoms with Crippen molar-refractivity contribution in [2.75, 3.05) is 24.3 Å². The highest BCUT2D eigenvalue weighted by molar-refractivity contribution is 7.12. The van der Waals surface area contributed by atoms with Gasteiger partial charge in [-0.3, -0.25) is 0 Å². The minimum atomic E-state index is 0.350. The molecular formula is C16H22N2S. The predicted molar refractivity (Wildman–Crippen MR) is 86.5 cm³/mol. The molecule has 0 aliphatic rings. The Labute approximate surface area is 120 Å². The van der Waals surface area contributed by atoms with Gasteiger partial charge in [-0.15, -0.1) is 11.3 Å². The number of nitrogens with one attached hydrogen (secondary N) is 1. The largest absolute Gasteiger partial charge is 0.378 e. The number of hydrogen-bond acceptors (Lipinski definition) is 3. The molecule has 0 bridgehead atoms. The fourth-order valence-corrected chi connectivity index (χ4v) is 2.97. The van der Waals surface area contributed by atoms with Crippen molar-refractivity contribution in [3.8, 4) is 0 Å². The Hall–Kier alpha value is -1.48. The van der Waals surface area contributed by atoms with Crippen molar-refractivity contribution in [3.05, 3.63) is 46.2 Å². The molecule has 1 unspecified atom stereocenters. The van der Waals surface area contributed by atoms with Gasteiger partial charge in [0.15, 0.2) is 0 Å². The Morgan fingerprint density at radius 1 is 1.21 bits per heavy atom. The Balaban J connectivity index is 2.09. The average molecular weight is 274 g/mol. The van der Waals surface area contributed by atoms with Crippen LogP contribution in [0.4, 0.5) is 11.4 Å². The van der Waals surface area contributed by atoms with Crippen molar-refractivity contribution in [1.82, 2.24) is 0 Å². The lowest BCUT2D eigenvalue weighted by molar-refractivity contribution is 0.908. The Bertz CT molecular complexity index is 531. The summed E-state index contributed by atoms with van der Waals surface area (Å²) in [5, 5.41) is 3.57. The van der Waals surface area contributed by atoms with Crippen LogP contribution in [0.2, 0.25) is 0 Å². The van der Waals surface area contributed by atoms with Gasteiger partial charge < -0.3 is 10.2 Å². The second-order valence-corrected chi connectivity index (χ2v) is 6.17. The van der Waals surface area contributed by atoms with E-state index in [9.17, 15) is 0 Å². The molecule has 2 aromatic rings. The maximum absolute atomic E-state index is 3.57. The van der Waals surface area contributed by atoms with Crippen molar-refractivity contribution in [2.45, 2.75) is 26.3 Å². The van der Waals surface area contributed by atoms with Gasteiger partial charge in [0.25, 0.3) is 0 Å². The Kier molecular flexibility index (Phi) is 4.48. The molecule has 1 N–H and O–H groups in total. The molecule has 2 nitrogen and oxygen atoms in total. The first-order valence-electron chi connectivity index (χ1n) is 6.72. The summed E-state index contributed by atoms with van der Waals surface area (Å²) in [4.78, 5) is 4.97. The summed E-state index contributed by atoms with van der Waals surface area (Å²) in [6.07, 6.45) is 1.12. The third-order valence-corrected chi connectivity index (χ3v) is 4.62. The quantitative estimate of drug-likeness (QED) is 0.860. The van der Waals surface area contributed by atoms with Gasteiger partial charge in [0.2, 0.25) is 0 Å². The number of nitrogens with zero attached hydrogens (tertiary/aromatic N) is 1. The highest BCUT2D eigenvalue weighted by Gasteiger charge is 2.08. The van der Waals surface area contributed by atoms with Gasteiger partial charge in [0, 0.05) is 35.2 Å². The summed E-state index contributed by atoms with van der Waals surface area (Å²) in [6.45, 7) is 4.42. The molecule has 0 aliphatic carbocycles. The minimum absolute atomic E-state index is 0.350. The molecule has 1 heterocycles. The van der Waals surface area contributed by atoms with Gasteiger partial charge in [-0.1, -0.05) is 13.0 Å². The van der Waals surface area contributed by atoms with E-state index in [2.05, 4.69) is 74.6 Å². The first kappa shape index (κ1) is 13.9. The van der Waals surface area contributed by atoms with Crippen LogP contribution in [0.25, 0.3) is 0 Å². The molecule has 0 spiro atoms. The van der Waals surface area contributed by atoms with E-state index in [0.29, 0.717) is 6.04 Å². The average Bonchev–Trinajstić information content (AvgIpc) is 2.88. The maximum Gasteiger partial charge on any atom is 0.0578 e. The van der Waals surface area contributed by atoms with E-state index < -0.39 is 0 Å². The summed E-state index contributed by atoms with van der Waals surface area (Å²) < 4.78 is 0. The molecule has 19 heavy (non-hydrogen) atoms. The van der Waals surface area contributed by atoms with Crippen molar-refractivity contribution in [3.63, 3.8) is 0 Å². The van der Waals surface area contributed by atoms with E-state index in [0.717, 1.165) is 6.42 Å². The molecule has 0 saturated heterocycles. The summed E-state index contributed by atoms with van der Waals surface area (Å²) in [7, 11) is 4.13. The number of benzene rings is 1. The topological polar surface area (TPSA) is 15.3 Å². The fraction of sp³-hybridized carbons (Fsp3) is 0.375. The lowest BCUT2D eigenvalue weighted by Gasteiger charge is -2.17. The second kappa shape index (κ2) is 6.11. The molecule has 1 aromatic heterocycles. The first-order valence-corrected chi connectivity index (χ1v) is 7.54. The van der Waals surface area contributed by atoms with Gasteiger partial charge in [0.05, 0.1) is 6.04 Å². The van der Waals surface area contributed by atoms with Crippen LogP contribution >= 0.6 is 11.3 Å². The monoisotopic (exact) mass is 274 g/mol. The number of rotatable bonds is 5. The zero-order valence-electron chi connectivity index (χ0n) is 12.1. The van der Waals surface area contributed by atoms with E-state index >= 15 is 0 Å². The third-order valence-electron chi connectivity index (χ3n) is 3.20. The SMILES string of the molecule is CCc1ccc(C(C)Nc2cccc(N(C)C)c2)s1. The third kappa shape index (κ3) is 3.51. The van der Waals surface area contributed by atoms with E-state index in [4.69, 9.17) is 0 Å². The first-order chi connectivity index (χ1) is 9.10. The lowest BCUT2D eigenvalue weighted by atomic mass is 10.2. The number of hydrogen-bond donors (Lipinski definition) is 1. The molecule has 1 atom stereocenters. The highest BCUT2D eigenvalue weighted by atomic mass is 32.1. The van der Waals surface area contributed by atoms with E-state index in [1.165, 1.54) is 21.1 Å². The van der Waals surface area contributed by atoms with Crippen LogP contribution in [0.15, 0.2) is 36.4 Å². The molecule has 0 amide bonds. The van der Waals surface area contributed by atoms with Crippen molar-refractivity contribution in [1.29, 1.82) is 0 Å². The summed E-state index contributed by atoms with van der Waals surface area (Å²) in [6, 6.07) is 13.3. The van der Waals surface area contributed by atoms with Crippen LogP contribution in [0.3, 0.4) is 0 Å². The number of aryl methyl sites for hydroxylation is 1. The Morgan fingerprint density at radius 3 is 2.63 bits per heavy atom. The van der Waals surface area contributed by atoms with Crippen LogP contribution in [0, 0.1) is 0 Å². The maximum atomic E-state index is 3.57. The van der Waals surface area contributed by atoms with E-state index in [-0.39, 0.29) is 0 Å². The van der Waals surface area contributed by atoms with Crippen LogP contribution in [-0.2, 0) is 6.42 Å². The van der Waals surface area contributed by atoms with Crippen molar-refractivity contribution in [2.24, 2.45) is 0 Å². The van der Waals surface area contributed by atoms with Crippen LogP contribution in [0.5, 0.6) is 0 Å². The van der Waals surface area contributed by atoms with Crippen LogP contribution in [0.1, 0.15) is 29.6 Å². The van der Waals surface area contributed by atoms with Crippen molar-refractivity contribution < 1.29 is 0 Å². The van der Waals surface area contributed by atoms with Crippen molar-refractivity contribution >= 4 is 22.7 Å². The smallest absolute Gasteiger partial charge is 0.0578 e. The van der Waals surface area contributed by atoms with Gasteiger partial charge in [-0.05, 0) is 43.7 Å². The van der Waals surface area contributed by atoms with Gasteiger partial charge in [-0.2, -0.15) is 0 Å². The molecule has 1 aromatic carbocycles. The molecule has 2 rings (SSSR count). The van der Waals surface area contributed by atoms with Crippen LogP contribution in [-0.4, -0.2) is 14.1 Å². The molecule has 0 saturated carbocycles. The molecule has 0 fully saturated rings. The van der Waals surface area contributed by atoms with Gasteiger partial charge >= 0.3 is 0 Å². The predicted octanol–water partition coefficient (Wildman–Crippen LogP) is 4.55. The fourth-order valence-electron chi connectivity index (χ4n) is 2.01. The number of thiophene rings is 1. The Morgan fingerprint density at radius 2 is 2.00 bits per heavy atom. The van der Waals surface area contributed by atoms with Crippen LogP contribution < -0.4 is 10.2 Å². The molecule has 0 aliphatic heterocycles. The number of anilines is 2. The highest BCUT2D eigenvalue weighted by Crippen LogP contribution is 2.27. The molecular weight excluding hydrogens is 252 g/mol. The lowest BCUT2D eigenvalue weighted by Crippen LogP contribution is -2.10.